The van der Waals surface area contributed by atoms with Crippen LogP contribution in [0.3, 0.4) is 0 Å². The highest BCUT2D eigenvalue weighted by Crippen LogP contribution is 2.28. The lowest BCUT2D eigenvalue weighted by molar-refractivity contribution is 0.480. The van der Waals surface area contributed by atoms with Gasteiger partial charge in [0, 0.05) is 18.5 Å². The average molecular weight is 284 g/mol. The van der Waals surface area contributed by atoms with Gasteiger partial charge >= 0.3 is 0 Å². The first-order valence-electron chi connectivity index (χ1n) is 5.99. The van der Waals surface area contributed by atoms with Crippen molar-refractivity contribution >= 4 is 17.2 Å². The third kappa shape index (κ3) is 2.75. The summed E-state index contributed by atoms with van der Waals surface area (Å²) < 4.78 is 5.73. The quantitative estimate of drug-likeness (QED) is 0.799. The molecule has 0 fully saturated rings. The summed E-state index contributed by atoms with van der Waals surface area (Å²) in [6.45, 7) is 1.97. The van der Waals surface area contributed by atoms with Crippen LogP contribution in [-0.2, 0) is 0 Å². The number of aryl methyl sites for hydroxylation is 1. The normalized spacial score (nSPS) is 10.4. The van der Waals surface area contributed by atoms with Crippen LogP contribution in [0.15, 0.2) is 42.9 Å². The van der Waals surface area contributed by atoms with E-state index in [-0.39, 0.29) is 0 Å². The summed E-state index contributed by atoms with van der Waals surface area (Å²) in [6.07, 6.45) is 5.12. The van der Waals surface area contributed by atoms with Crippen molar-refractivity contribution in [1.29, 1.82) is 0 Å². The molecule has 3 rings (SSSR count). The van der Waals surface area contributed by atoms with Gasteiger partial charge in [0.2, 0.25) is 0 Å². The fourth-order valence-electron chi connectivity index (χ4n) is 1.68. The Kier molecular flexibility index (Phi) is 3.30. The number of nitrogen functional groups attached to an aromatic ring is 1. The molecule has 6 heteroatoms. The van der Waals surface area contributed by atoms with Gasteiger partial charge in [-0.2, -0.15) is 0 Å². The Morgan fingerprint density at radius 3 is 2.65 bits per heavy atom. The highest BCUT2D eigenvalue weighted by molar-refractivity contribution is 7.15. The Balaban J connectivity index is 1.86. The van der Waals surface area contributed by atoms with E-state index in [4.69, 9.17) is 10.5 Å². The summed E-state index contributed by atoms with van der Waals surface area (Å²) in [5.41, 5.74) is 6.38. The van der Waals surface area contributed by atoms with E-state index in [1.807, 2.05) is 19.2 Å². The minimum Gasteiger partial charge on any atom is -0.456 e. The van der Waals surface area contributed by atoms with Gasteiger partial charge in [-0.15, -0.1) is 11.3 Å². The van der Waals surface area contributed by atoms with Crippen molar-refractivity contribution in [1.82, 2.24) is 15.0 Å². The molecule has 0 aromatic carbocycles. The topological polar surface area (TPSA) is 73.9 Å². The molecule has 0 spiro atoms. The highest BCUT2D eigenvalue weighted by atomic mass is 32.1. The monoisotopic (exact) mass is 284 g/mol. The van der Waals surface area contributed by atoms with Crippen LogP contribution in [0.2, 0.25) is 0 Å². The maximum Gasteiger partial charge on any atom is 0.145 e. The molecule has 0 bridgehead atoms. The number of aromatic nitrogens is 3. The number of ether oxygens (including phenoxy) is 1. The van der Waals surface area contributed by atoms with E-state index < -0.39 is 0 Å². The van der Waals surface area contributed by atoms with Crippen LogP contribution in [0.25, 0.3) is 10.6 Å². The largest absolute Gasteiger partial charge is 0.456 e. The maximum atomic E-state index is 5.73. The van der Waals surface area contributed by atoms with Gasteiger partial charge in [0.25, 0.3) is 0 Å². The van der Waals surface area contributed by atoms with Gasteiger partial charge < -0.3 is 10.5 Å². The Labute approximate surface area is 120 Å². The molecule has 0 unspecified atom stereocenters. The van der Waals surface area contributed by atoms with Crippen LogP contribution >= 0.6 is 11.3 Å². The Bertz CT molecular complexity index is 724. The van der Waals surface area contributed by atoms with Crippen LogP contribution in [0, 0.1) is 6.92 Å². The molecule has 0 radical (unpaired) electrons. The Morgan fingerprint density at radius 1 is 1.05 bits per heavy atom. The fraction of sp³-hybridized carbons (Fsp3) is 0.0714. The molecule has 0 saturated heterocycles. The van der Waals surface area contributed by atoms with Crippen LogP contribution in [0.4, 0.5) is 5.82 Å². The van der Waals surface area contributed by atoms with Gasteiger partial charge in [-0.3, -0.25) is 4.98 Å². The zero-order chi connectivity index (χ0) is 13.9. The smallest absolute Gasteiger partial charge is 0.145 e. The van der Waals surface area contributed by atoms with Crippen LogP contribution in [-0.4, -0.2) is 15.0 Å². The van der Waals surface area contributed by atoms with Gasteiger partial charge in [-0.1, -0.05) is 0 Å². The minimum absolute atomic E-state index is 0.466. The van der Waals surface area contributed by atoms with E-state index in [0.29, 0.717) is 17.3 Å². The van der Waals surface area contributed by atoms with E-state index in [0.717, 1.165) is 15.6 Å². The summed E-state index contributed by atoms with van der Waals surface area (Å²) in [6, 6.07) is 7.15. The molecule has 5 nitrogen and oxygen atoms in total. The lowest BCUT2D eigenvalue weighted by atomic mass is 10.3. The maximum absolute atomic E-state index is 5.73. The molecule has 2 N–H and O–H groups in total. The summed E-state index contributed by atoms with van der Waals surface area (Å²) in [5, 5.41) is 1.01. The van der Waals surface area contributed by atoms with E-state index in [2.05, 4.69) is 15.0 Å². The third-order valence-electron chi connectivity index (χ3n) is 2.60. The first kappa shape index (κ1) is 12.6. The van der Waals surface area contributed by atoms with Crippen molar-refractivity contribution in [2.45, 2.75) is 6.92 Å². The Hall–Kier alpha value is -2.47. The molecular formula is C14H12N4OS. The molecule has 3 heterocycles. The van der Waals surface area contributed by atoms with Crippen molar-refractivity contribution in [3.05, 3.63) is 47.9 Å². The molecule has 3 aromatic rings. The number of thiazole rings is 1. The molecule has 0 saturated carbocycles. The molecule has 20 heavy (non-hydrogen) atoms. The molecule has 0 atom stereocenters. The molecule has 0 aliphatic carbocycles. The summed E-state index contributed by atoms with van der Waals surface area (Å²) in [7, 11) is 0. The second-order valence-electron chi connectivity index (χ2n) is 4.14. The fourth-order valence-corrected chi connectivity index (χ4v) is 2.42. The highest BCUT2D eigenvalue weighted by Gasteiger charge is 2.06. The molecular weight excluding hydrogens is 272 g/mol. The minimum atomic E-state index is 0.466. The van der Waals surface area contributed by atoms with Gasteiger partial charge in [0.05, 0.1) is 21.8 Å². The molecule has 100 valence electrons. The molecule has 0 aliphatic heterocycles. The molecule has 0 amide bonds. The SMILES string of the molecule is Cc1ncc(-c2cc(Oc3ccc(N)nc3)ccn2)s1. The van der Waals surface area contributed by atoms with Gasteiger partial charge in [0.15, 0.2) is 0 Å². The van der Waals surface area contributed by atoms with Crippen molar-refractivity contribution in [2.75, 3.05) is 5.73 Å². The standard InChI is InChI=1S/C14H12N4OS/c1-9-17-8-13(20-9)12-6-10(4-5-16-12)19-11-2-3-14(15)18-7-11/h2-8H,1H3,(H2,15,18). The number of pyridine rings is 2. The number of nitrogens with zero attached hydrogens (tertiary/aromatic N) is 3. The first-order chi connectivity index (χ1) is 9.70. The van der Waals surface area contributed by atoms with Crippen LogP contribution in [0.5, 0.6) is 11.5 Å². The van der Waals surface area contributed by atoms with E-state index in [1.54, 1.807) is 41.9 Å². The summed E-state index contributed by atoms with van der Waals surface area (Å²) in [4.78, 5) is 13.6. The number of nitrogens with two attached hydrogens (primary N) is 1. The van der Waals surface area contributed by atoms with Crippen molar-refractivity contribution in [2.24, 2.45) is 0 Å². The van der Waals surface area contributed by atoms with Gasteiger partial charge in [0.1, 0.15) is 17.3 Å². The number of hydrogen-bond donors (Lipinski definition) is 1. The lowest BCUT2D eigenvalue weighted by Crippen LogP contribution is -1.91. The zero-order valence-corrected chi connectivity index (χ0v) is 11.6. The summed E-state index contributed by atoms with van der Waals surface area (Å²) >= 11 is 1.60. The number of anilines is 1. The molecule has 0 aliphatic rings. The van der Waals surface area contributed by atoms with Gasteiger partial charge in [-0.05, 0) is 25.1 Å². The van der Waals surface area contributed by atoms with E-state index in [1.165, 1.54) is 0 Å². The van der Waals surface area contributed by atoms with Crippen molar-refractivity contribution in [3.63, 3.8) is 0 Å². The predicted molar refractivity (Wildman–Crippen MR) is 78.8 cm³/mol. The van der Waals surface area contributed by atoms with Crippen molar-refractivity contribution in [3.8, 4) is 22.1 Å². The van der Waals surface area contributed by atoms with Crippen LogP contribution < -0.4 is 10.5 Å². The predicted octanol–water partition coefficient (Wildman–Crippen LogP) is 3.28. The average Bonchev–Trinajstić information content (AvgIpc) is 2.89. The van der Waals surface area contributed by atoms with E-state index in [9.17, 15) is 0 Å². The number of hydrogen-bond acceptors (Lipinski definition) is 6. The van der Waals surface area contributed by atoms with Crippen LogP contribution in [0.1, 0.15) is 5.01 Å². The van der Waals surface area contributed by atoms with Gasteiger partial charge in [-0.25, -0.2) is 9.97 Å². The lowest BCUT2D eigenvalue weighted by Gasteiger charge is -2.06. The van der Waals surface area contributed by atoms with Crippen molar-refractivity contribution < 1.29 is 4.74 Å². The molecule has 3 aromatic heterocycles. The van der Waals surface area contributed by atoms with E-state index >= 15 is 0 Å². The zero-order valence-electron chi connectivity index (χ0n) is 10.8. The number of rotatable bonds is 3. The third-order valence-corrected chi connectivity index (χ3v) is 3.54. The second-order valence-corrected chi connectivity index (χ2v) is 5.38. The Morgan fingerprint density at radius 2 is 1.95 bits per heavy atom. The summed E-state index contributed by atoms with van der Waals surface area (Å²) in [5.74, 6) is 1.80. The second kappa shape index (κ2) is 5.26. The first-order valence-corrected chi connectivity index (χ1v) is 6.80.